The van der Waals surface area contributed by atoms with Crippen LogP contribution in [0.1, 0.15) is 34.6 Å². The molecule has 0 saturated heterocycles. The Bertz CT molecular complexity index is 264. The molecule has 0 fully saturated rings. The highest BCUT2D eigenvalue weighted by atomic mass is 17.2. The van der Waals surface area contributed by atoms with Gasteiger partial charge < -0.3 is 19.5 Å². The molecule has 0 aromatic heterocycles. The first-order valence-electron chi connectivity index (χ1n) is 5.18. The van der Waals surface area contributed by atoms with Crippen LogP contribution in [0.5, 0.6) is 0 Å². The molecule has 0 bridgehead atoms. The molecule has 0 spiro atoms. The lowest BCUT2D eigenvalue weighted by Gasteiger charge is -2.22. The van der Waals surface area contributed by atoms with Crippen LogP contribution in [0.25, 0.3) is 0 Å². The van der Waals surface area contributed by atoms with E-state index in [9.17, 15) is 4.79 Å². The molecule has 0 amide bonds. The number of carboxylic acid groups (broad SMARTS) is 1. The number of carbonyl (C=O) groups is 1. The fourth-order valence-electron chi connectivity index (χ4n) is 0.739. The quantitative estimate of drug-likeness (QED) is 0.256. The summed E-state index contributed by atoms with van der Waals surface area (Å²) in [6.45, 7) is 8.69. The van der Waals surface area contributed by atoms with Gasteiger partial charge in [0.2, 0.25) is 5.79 Å². The summed E-state index contributed by atoms with van der Waals surface area (Å²) in [5, 5.41) is 8.41. The third-order valence-electron chi connectivity index (χ3n) is 1.31. The molecule has 1 N–H and O–H groups in total. The Morgan fingerprint density at radius 2 is 1.82 bits per heavy atom. The molecule has 0 atom stereocenters. The smallest absolute Gasteiger partial charge is 0.450 e. The Balaban J connectivity index is 3.76. The molecule has 0 radical (unpaired) electrons. The highest BCUT2D eigenvalue weighted by Crippen LogP contribution is 2.11. The Hall–Kier alpha value is -1.27. The Labute approximate surface area is 101 Å². The van der Waals surface area contributed by atoms with Crippen molar-refractivity contribution in [1.29, 1.82) is 0 Å². The van der Waals surface area contributed by atoms with E-state index in [0.717, 1.165) is 0 Å². The van der Waals surface area contributed by atoms with E-state index < -0.39 is 17.5 Å². The lowest BCUT2D eigenvalue weighted by Crippen LogP contribution is -2.30. The summed E-state index contributed by atoms with van der Waals surface area (Å²) in [4.78, 5) is 20.0. The van der Waals surface area contributed by atoms with Crippen LogP contribution in [0.3, 0.4) is 0 Å². The molecule has 0 saturated carbocycles. The maximum absolute atomic E-state index is 10.3. The van der Waals surface area contributed by atoms with Crippen LogP contribution < -0.4 is 0 Å². The van der Waals surface area contributed by atoms with E-state index in [1.165, 1.54) is 20.1 Å². The number of rotatable bonds is 6. The molecule has 0 heterocycles. The molecule has 6 heteroatoms. The zero-order chi connectivity index (χ0) is 13.5. The van der Waals surface area contributed by atoms with Gasteiger partial charge in [0, 0.05) is 13.8 Å². The standard InChI is InChI=1S/C11H20O6/c1-10(2,3)17-15-8-6-7-14-11(4,5)16-9(12)13/h6,8H,7H2,1-5H3,(H,12,13). The maximum atomic E-state index is 10.3. The summed E-state index contributed by atoms with van der Waals surface area (Å²) in [5.74, 6) is -1.19. The largest absolute Gasteiger partial charge is 0.508 e. The zero-order valence-corrected chi connectivity index (χ0v) is 10.9. The third-order valence-corrected chi connectivity index (χ3v) is 1.31. The van der Waals surface area contributed by atoms with E-state index in [4.69, 9.17) is 19.6 Å². The van der Waals surface area contributed by atoms with Crippen LogP contribution in [0.15, 0.2) is 12.3 Å². The van der Waals surface area contributed by atoms with Crippen molar-refractivity contribution < 1.29 is 29.1 Å². The highest BCUT2D eigenvalue weighted by molar-refractivity contribution is 5.57. The van der Waals surface area contributed by atoms with E-state index in [1.54, 1.807) is 6.08 Å². The van der Waals surface area contributed by atoms with Crippen LogP contribution in [0.2, 0.25) is 0 Å². The minimum atomic E-state index is -1.38. The molecule has 100 valence electrons. The van der Waals surface area contributed by atoms with Gasteiger partial charge >= 0.3 is 6.16 Å². The van der Waals surface area contributed by atoms with Crippen molar-refractivity contribution >= 4 is 6.16 Å². The van der Waals surface area contributed by atoms with Crippen LogP contribution in [0.4, 0.5) is 4.79 Å². The van der Waals surface area contributed by atoms with E-state index in [-0.39, 0.29) is 6.61 Å². The van der Waals surface area contributed by atoms with E-state index >= 15 is 0 Å². The molecular weight excluding hydrogens is 228 g/mol. The Morgan fingerprint density at radius 3 is 2.29 bits per heavy atom. The summed E-state index contributed by atoms with van der Waals surface area (Å²) in [7, 11) is 0. The van der Waals surface area contributed by atoms with Crippen LogP contribution >= 0.6 is 0 Å². The number of ether oxygens (including phenoxy) is 2. The summed E-state index contributed by atoms with van der Waals surface area (Å²) in [5.41, 5.74) is -0.392. The molecule has 0 aromatic carbocycles. The van der Waals surface area contributed by atoms with Gasteiger partial charge in [-0.05, 0) is 26.8 Å². The molecule has 17 heavy (non-hydrogen) atoms. The predicted molar refractivity (Wildman–Crippen MR) is 60.2 cm³/mol. The summed E-state index contributed by atoms with van der Waals surface area (Å²) in [6, 6.07) is 0. The van der Waals surface area contributed by atoms with Gasteiger partial charge in [0.15, 0.2) is 0 Å². The van der Waals surface area contributed by atoms with Crippen molar-refractivity contribution in [2.75, 3.05) is 6.61 Å². The first-order valence-corrected chi connectivity index (χ1v) is 5.18. The van der Waals surface area contributed by atoms with Crippen molar-refractivity contribution in [3.8, 4) is 0 Å². The monoisotopic (exact) mass is 248 g/mol. The highest BCUT2D eigenvalue weighted by Gasteiger charge is 2.22. The average molecular weight is 248 g/mol. The van der Waals surface area contributed by atoms with Crippen molar-refractivity contribution in [1.82, 2.24) is 0 Å². The van der Waals surface area contributed by atoms with E-state index in [2.05, 4.69) is 4.74 Å². The summed E-state index contributed by atoms with van der Waals surface area (Å²) in [6.07, 6.45) is 1.48. The second-order valence-electron chi connectivity index (χ2n) is 4.74. The Morgan fingerprint density at radius 1 is 1.24 bits per heavy atom. The van der Waals surface area contributed by atoms with E-state index in [0.29, 0.717) is 0 Å². The fourth-order valence-corrected chi connectivity index (χ4v) is 0.739. The second-order valence-corrected chi connectivity index (χ2v) is 4.74. The fraction of sp³-hybridized carbons (Fsp3) is 0.727. The van der Waals surface area contributed by atoms with Crippen molar-refractivity contribution in [2.24, 2.45) is 0 Å². The van der Waals surface area contributed by atoms with Crippen LogP contribution in [-0.2, 0) is 19.2 Å². The minimum Gasteiger partial charge on any atom is -0.450 e. The van der Waals surface area contributed by atoms with Crippen LogP contribution in [0, 0.1) is 0 Å². The topological polar surface area (TPSA) is 74.2 Å². The van der Waals surface area contributed by atoms with Crippen LogP contribution in [-0.4, -0.2) is 29.3 Å². The maximum Gasteiger partial charge on any atom is 0.508 e. The minimum absolute atomic E-state index is 0.147. The van der Waals surface area contributed by atoms with E-state index in [1.807, 2.05) is 20.8 Å². The van der Waals surface area contributed by atoms with Gasteiger partial charge in [0.25, 0.3) is 0 Å². The zero-order valence-electron chi connectivity index (χ0n) is 10.9. The molecule has 0 aliphatic rings. The SMILES string of the molecule is CC(C)(C)OOC=CCOC(C)(C)OC(=O)O. The molecular formula is C11H20O6. The second kappa shape index (κ2) is 6.46. The van der Waals surface area contributed by atoms with Gasteiger partial charge in [-0.1, -0.05) is 0 Å². The first-order chi connectivity index (χ1) is 7.62. The average Bonchev–Trinajstić information content (AvgIpc) is 2.06. The third kappa shape index (κ3) is 11.0. The molecule has 0 aromatic rings. The lowest BCUT2D eigenvalue weighted by atomic mass is 10.2. The van der Waals surface area contributed by atoms with Gasteiger partial charge in [-0.25, -0.2) is 4.79 Å². The van der Waals surface area contributed by atoms with Crippen molar-refractivity contribution in [3.63, 3.8) is 0 Å². The molecule has 0 unspecified atom stereocenters. The summed E-state index contributed by atoms with van der Waals surface area (Å²) >= 11 is 0. The predicted octanol–water partition coefficient (Wildman–Crippen LogP) is 2.69. The van der Waals surface area contributed by atoms with Crippen molar-refractivity contribution in [3.05, 3.63) is 12.3 Å². The molecule has 0 aliphatic carbocycles. The Kier molecular flexibility index (Phi) is 5.98. The molecule has 6 nitrogen and oxygen atoms in total. The number of hydrogen-bond acceptors (Lipinski definition) is 5. The van der Waals surface area contributed by atoms with Gasteiger partial charge in [0.1, 0.15) is 11.9 Å². The van der Waals surface area contributed by atoms with Gasteiger partial charge in [-0.15, -0.1) is 0 Å². The normalized spacial score (nSPS) is 12.8. The molecule has 0 aliphatic heterocycles. The van der Waals surface area contributed by atoms with Gasteiger partial charge in [-0.2, -0.15) is 4.89 Å². The number of hydrogen-bond donors (Lipinski definition) is 1. The summed E-state index contributed by atoms with van der Waals surface area (Å²) < 4.78 is 9.63. The first kappa shape index (κ1) is 15.7. The van der Waals surface area contributed by atoms with Crippen molar-refractivity contribution in [2.45, 2.75) is 46.0 Å². The van der Waals surface area contributed by atoms with Gasteiger partial charge in [0.05, 0.1) is 6.61 Å². The molecule has 0 rings (SSSR count). The lowest BCUT2D eigenvalue weighted by molar-refractivity contribution is -0.310. The van der Waals surface area contributed by atoms with Gasteiger partial charge in [-0.3, -0.25) is 0 Å².